The van der Waals surface area contributed by atoms with Crippen LogP contribution in [-0.2, 0) is 17.8 Å². The van der Waals surface area contributed by atoms with Gasteiger partial charge in [0.05, 0.1) is 0 Å². The normalized spacial score (nSPS) is 16.1. The number of aromatic amines is 1. The maximum Gasteiger partial charge on any atom is 0.254 e. The van der Waals surface area contributed by atoms with Crippen LogP contribution in [0.1, 0.15) is 34.5 Å². The largest absolute Gasteiger partial charge is 0.358 e. The van der Waals surface area contributed by atoms with E-state index in [0.29, 0.717) is 18.7 Å². The van der Waals surface area contributed by atoms with Gasteiger partial charge in [0.15, 0.2) is 0 Å². The summed E-state index contributed by atoms with van der Waals surface area (Å²) in [4.78, 5) is 30.3. The second kappa shape index (κ2) is 6.78. The van der Waals surface area contributed by atoms with Crippen LogP contribution in [0.2, 0.25) is 0 Å². The van der Waals surface area contributed by atoms with E-state index in [4.69, 9.17) is 0 Å². The Labute approximate surface area is 171 Å². The standard InChI is InChI=1S/C22H20BrN3O2/c23-15-5-8-19-17(11-15)18-12-26(10-9-20(18)25-19)22(28)14-3-6-16(7-4-14)24-21(27)13-1-2-13/h3-8,11,13,25H,1-2,9-10,12H2,(H,24,27). The lowest BCUT2D eigenvalue weighted by molar-refractivity contribution is -0.117. The third-order valence-electron chi connectivity index (χ3n) is 5.57. The van der Waals surface area contributed by atoms with E-state index < -0.39 is 0 Å². The lowest BCUT2D eigenvalue weighted by Gasteiger charge is -2.27. The number of hydrogen-bond donors (Lipinski definition) is 2. The van der Waals surface area contributed by atoms with Crippen LogP contribution >= 0.6 is 15.9 Å². The monoisotopic (exact) mass is 437 g/mol. The predicted molar refractivity (Wildman–Crippen MR) is 112 cm³/mol. The number of carbonyl (C=O) groups is 2. The Morgan fingerprint density at radius 1 is 1.11 bits per heavy atom. The lowest BCUT2D eigenvalue weighted by Crippen LogP contribution is -2.35. The van der Waals surface area contributed by atoms with Gasteiger partial charge in [-0.25, -0.2) is 0 Å². The van der Waals surface area contributed by atoms with Crippen molar-refractivity contribution in [1.82, 2.24) is 9.88 Å². The number of H-pyrrole nitrogens is 1. The van der Waals surface area contributed by atoms with Crippen LogP contribution < -0.4 is 5.32 Å². The summed E-state index contributed by atoms with van der Waals surface area (Å²) >= 11 is 3.54. The fourth-order valence-corrected chi connectivity index (χ4v) is 4.19. The number of anilines is 1. The van der Waals surface area contributed by atoms with E-state index in [-0.39, 0.29) is 17.7 Å². The first kappa shape index (κ1) is 17.5. The number of aromatic nitrogens is 1. The summed E-state index contributed by atoms with van der Waals surface area (Å²) in [6.45, 7) is 1.30. The van der Waals surface area contributed by atoms with E-state index in [2.05, 4.69) is 38.4 Å². The summed E-state index contributed by atoms with van der Waals surface area (Å²) in [5.74, 6) is 0.267. The average Bonchev–Trinajstić information content (AvgIpc) is 3.50. The van der Waals surface area contributed by atoms with E-state index >= 15 is 0 Å². The van der Waals surface area contributed by atoms with Crippen molar-refractivity contribution in [2.24, 2.45) is 5.92 Å². The van der Waals surface area contributed by atoms with Gasteiger partial charge < -0.3 is 15.2 Å². The number of benzene rings is 2. The van der Waals surface area contributed by atoms with Crippen LogP contribution in [0.3, 0.4) is 0 Å². The Hall–Kier alpha value is -2.60. The third-order valence-corrected chi connectivity index (χ3v) is 6.07. The first-order chi connectivity index (χ1) is 13.6. The molecule has 3 aromatic rings. The minimum Gasteiger partial charge on any atom is -0.358 e. The van der Waals surface area contributed by atoms with Gasteiger partial charge in [-0.15, -0.1) is 0 Å². The minimum atomic E-state index is 0.0232. The Morgan fingerprint density at radius 2 is 1.89 bits per heavy atom. The quantitative estimate of drug-likeness (QED) is 0.634. The zero-order valence-electron chi connectivity index (χ0n) is 15.3. The second-order valence-corrected chi connectivity index (χ2v) is 8.51. The van der Waals surface area contributed by atoms with Crippen LogP contribution in [0.25, 0.3) is 10.9 Å². The van der Waals surface area contributed by atoms with Crippen molar-refractivity contribution < 1.29 is 9.59 Å². The first-order valence-electron chi connectivity index (χ1n) is 9.57. The highest BCUT2D eigenvalue weighted by molar-refractivity contribution is 9.10. The number of fused-ring (bicyclic) bond motifs is 3. The highest BCUT2D eigenvalue weighted by Gasteiger charge is 2.29. The molecule has 2 amide bonds. The van der Waals surface area contributed by atoms with Gasteiger partial charge in [-0.1, -0.05) is 15.9 Å². The Kier molecular flexibility index (Phi) is 4.23. The summed E-state index contributed by atoms with van der Waals surface area (Å²) in [5.41, 5.74) is 4.92. The number of carbonyl (C=O) groups excluding carboxylic acids is 2. The third kappa shape index (κ3) is 3.22. The Balaban J connectivity index is 1.34. The van der Waals surface area contributed by atoms with E-state index in [1.807, 2.05) is 23.1 Å². The molecule has 0 radical (unpaired) electrons. The SMILES string of the molecule is O=C(Nc1ccc(C(=O)N2CCc3[nH]c4ccc(Br)cc4c3C2)cc1)C1CC1. The van der Waals surface area contributed by atoms with Gasteiger partial charge in [-0.05, 0) is 55.3 Å². The first-order valence-corrected chi connectivity index (χ1v) is 10.4. The molecule has 0 saturated heterocycles. The molecule has 2 aliphatic rings. The van der Waals surface area contributed by atoms with Crippen molar-refractivity contribution in [3.63, 3.8) is 0 Å². The van der Waals surface area contributed by atoms with Crippen LogP contribution in [0.5, 0.6) is 0 Å². The minimum absolute atomic E-state index is 0.0232. The number of halogens is 1. The number of hydrogen-bond acceptors (Lipinski definition) is 2. The zero-order valence-corrected chi connectivity index (χ0v) is 16.9. The van der Waals surface area contributed by atoms with Crippen molar-refractivity contribution in [2.45, 2.75) is 25.8 Å². The van der Waals surface area contributed by atoms with E-state index in [0.717, 1.165) is 34.9 Å². The maximum absolute atomic E-state index is 13.0. The van der Waals surface area contributed by atoms with Gasteiger partial charge in [0, 0.05) is 63.3 Å². The van der Waals surface area contributed by atoms with Crippen molar-refractivity contribution >= 4 is 44.3 Å². The van der Waals surface area contributed by atoms with E-state index in [9.17, 15) is 9.59 Å². The highest BCUT2D eigenvalue weighted by Crippen LogP contribution is 2.31. The van der Waals surface area contributed by atoms with Crippen LogP contribution in [0.15, 0.2) is 46.9 Å². The molecule has 5 nitrogen and oxygen atoms in total. The summed E-state index contributed by atoms with van der Waals surface area (Å²) in [5, 5.41) is 4.08. The fourth-order valence-electron chi connectivity index (χ4n) is 3.83. The fraction of sp³-hybridized carbons (Fsp3) is 0.273. The molecule has 142 valence electrons. The molecule has 1 saturated carbocycles. The van der Waals surface area contributed by atoms with Gasteiger partial charge in [0.1, 0.15) is 0 Å². The summed E-state index contributed by atoms with van der Waals surface area (Å²) in [6.07, 6.45) is 2.77. The lowest BCUT2D eigenvalue weighted by atomic mass is 10.0. The van der Waals surface area contributed by atoms with E-state index in [1.165, 1.54) is 16.6 Å². The van der Waals surface area contributed by atoms with Gasteiger partial charge >= 0.3 is 0 Å². The molecule has 0 bridgehead atoms. The van der Waals surface area contributed by atoms with Gasteiger partial charge in [-0.3, -0.25) is 9.59 Å². The summed E-state index contributed by atoms with van der Waals surface area (Å²) in [7, 11) is 0. The van der Waals surface area contributed by atoms with Crippen molar-refractivity contribution in [3.05, 3.63) is 63.8 Å². The number of rotatable bonds is 3. The zero-order chi connectivity index (χ0) is 19.3. The summed E-state index contributed by atoms with van der Waals surface area (Å²) in [6, 6.07) is 13.4. The maximum atomic E-state index is 13.0. The van der Waals surface area contributed by atoms with Crippen LogP contribution in [0.4, 0.5) is 5.69 Å². The molecule has 2 aromatic carbocycles. The molecular weight excluding hydrogens is 418 g/mol. The van der Waals surface area contributed by atoms with Crippen molar-refractivity contribution in [2.75, 3.05) is 11.9 Å². The molecule has 28 heavy (non-hydrogen) atoms. The second-order valence-electron chi connectivity index (χ2n) is 7.59. The molecule has 0 atom stereocenters. The number of nitrogens with one attached hydrogen (secondary N) is 2. The van der Waals surface area contributed by atoms with Gasteiger partial charge in [0.25, 0.3) is 5.91 Å². The molecule has 1 fully saturated rings. The Morgan fingerprint density at radius 3 is 2.64 bits per heavy atom. The van der Waals surface area contributed by atoms with Gasteiger partial charge in [-0.2, -0.15) is 0 Å². The topological polar surface area (TPSA) is 65.2 Å². The van der Waals surface area contributed by atoms with Crippen LogP contribution in [-0.4, -0.2) is 28.2 Å². The molecule has 0 spiro atoms. The molecule has 5 rings (SSSR count). The van der Waals surface area contributed by atoms with Crippen molar-refractivity contribution in [3.8, 4) is 0 Å². The molecule has 2 N–H and O–H groups in total. The van der Waals surface area contributed by atoms with E-state index in [1.54, 1.807) is 12.1 Å². The summed E-state index contributed by atoms with van der Waals surface area (Å²) < 4.78 is 1.04. The average molecular weight is 438 g/mol. The Bertz CT molecular complexity index is 1080. The molecular formula is C22H20BrN3O2. The molecule has 1 aliphatic heterocycles. The molecule has 0 unspecified atom stereocenters. The molecule has 1 aromatic heterocycles. The van der Waals surface area contributed by atoms with Crippen molar-refractivity contribution in [1.29, 1.82) is 0 Å². The van der Waals surface area contributed by atoms with Gasteiger partial charge in [0.2, 0.25) is 5.91 Å². The smallest absolute Gasteiger partial charge is 0.254 e. The molecule has 6 heteroatoms. The van der Waals surface area contributed by atoms with Crippen LogP contribution in [0, 0.1) is 5.92 Å². The highest BCUT2D eigenvalue weighted by atomic mass is 79.9. The number of amides is 2. The molecule has 1 aliphatic carbocycles. The number of nitrogens with zero attached hydrogens (tertiary/aromatic N) is 1. The molecule has 2 heterocycles. The predicted octanol–water partition coefficient (Wildman–Crippen LogP) is 4.48.